The highest BCUT2D eigenvalue weighted by Gasteiger charge is 2.30. The third-order valence-electron chi connectivity index (χ3n) is 3.75. The van der Waals surface area contributed by atoms with Gasteiger partial charge in [-0.15, -0.1) is 0 Å². The third-order valence-corrected chi connectivity index (χ3v) is 3.75. The second-order valence-electron chi connectivity index (χ2n) is 5.85. The standard InChI is InChI=1S/C15H24N2O/c1-14(9-6-10-18-12-14)17-11-15(2,16)13-7-4-3-5-8-13/h3-5,7-8,17H,6,9-12,16H2,1-2H3. The molecule has 3 N–H and O–H groups in total. The third kappa shape index (κ3) is 3.31. The SMILES string of the molecule is CC1(NCC(C)(N)c2ccccc2)CCCOC1. The fourth-order valence-corrected chi connectivity index (χ4v) is 2.39. The maximum atomic E-state index is 6.41. The van der Waals surface area contributed by atoms with Gasteiger partial charge in [0.15, 0.2) is 0 Å². The van der Waals surface area contributed by atoms with E-state index >= 15 is 0 Å². The average Bonchev–Trinajstić information content (AvgIpc) is 2.39. The van der Waals surface area contributed by atoms with Crippen molar-refractivity contribution in [3.05, 3.63) is 35.9 Å². The number of hydrogen-bond donors (Lipinski definition) is 2. The summed E-state index contributed by atoms with van der Waals surface area (Å²) >= 11 is 0. The van der Waals surface area contributed by atoms with Crippen LogP contribution >= 0.6 is 0 Å². The summed E-state index contributed by atoms with van der Waals surface area (Å²) in [6.45, 7) is 6.71. The smallest absolute Gasteiger partial charge is 0.0645 e. The Bertz CT molecular complexity index is 369. The van der Waals surface area contributed by atoms with E-state index in [0.29, 0.717) is 0 Å². The highest BCUT2D eigenvalue weighted by Crippen LogP contribution is 2.21. The molecule has 0 bridgehead atoms. The van der Waals surface area contributed by atoms with Crippen LogP contribution in [0.25, 0.3) is 0 Å². The van der Waals surface area contributed by atoms with E-state index in [1.165, 1.54) is 0 Å². The summed E-state index contributed by atoms with van der Waals surface area (Å²) in [5.74, 6) is 0. The minimum Gasteiger partial charge on any atom is -0.380 e. The fourth-order valence-electron chi connectivity index (χ4n) is 2.39. The van der Waals surface area contributed by atoms with Crippen LogP contribution < -0.4 is 11.1 Å². The summed E-state index contributed by atoms with van der Waals surface area (Å²) in [5.41, 5.74) is 7.29. The molecule has 3 nitrogen and oxygen atoms in total. The molecule has 2 unspecified atom stereocenters. The van der Waals surface area contributed by atoms with Gasteiger partial charge in [0.1, 0.15) is 0 Å². The molecule has 0 aromatic heterocycles. The second-order valence-corrected chi connectivity index (χ2v) is 5.85. The number of hydrogen-bond acceptors (Lipinski definition) is 3. The molecular weight excluding hydrogens is 224 g/mol. The van der Waals surface area contributed by atoms with Gasteiger partial charge >= 0.3 is 0 Å². The summed E-state index contributed by atoms with van der Waals surface area (Å²) in [6.07, 6.45) is 2.27. The van der Waals surface area contributed by atoms with Crippen molar-refractivity contribution in [3.8, 4) is 0 Å². The lowest BCUT2D eigenvalue weighted by Crippen LogP contribution is -2.55. The highest BCUT2D eigenvalue weighted by atomic mass is 16.5. The van der Waals surface area contributed by atoms with Gasteiger partial charge in [0.25, 0.3) is 0 Å². The lowest BCUT2D eigenvalue weighted by Gasteiger charge is -2.38. The molecule has 1 saturated heterocycles. The quantitative estimate of drug-likeness (QED) is 0.857. The van der Waals surface area contributed by atoms with Crippen LogP contribution in [-0.2, 0) is 10.3 Å². The van der Waals surface area contributed by atoms with Crippen LogP contribution in [0.15, 0.2) is 30.3 Å². The van der Waals surface area contributed by atoms with Crippen molar-refractivity contribution in [2.75, 3.05) is 19.8 Å². The van der Waals surface area contributed by atoms with Gasteiger partial charge in [-0.25, -0.2) is 0 Å². The maximum absolute atomic E-state index is 6.41. The van der Waals surface area contributed by atoms with Crippen LogP contribution in [0.4, 0.5) is 0 Å². The predicted molar refractivity (Wildman–Crippen MR) is 74.4 cm³/mol. The van der Waals surface area contributed by atoms with Crippen molar-refractivity contribution in [2.45, 2.75) is 37.8 Å². The van der Waals surface area contributed by atoms with E-state index in [1.807, 2.05) is 18.2 Å². The van der Waals surface area contributed by atoms with Gasteiger partial charge < -0.3 is 15.8 Å². The average molecular weight is 248 g/mol. The lowest BCUT2D eigenvalue weighted by molar-refractivity contribution is 0.0263. The van der Waals surface area contributed by atoms with E-state index in [4.69, 9.17) is 10.5 Å². The largest absolute Gasteiger partial charge is 0.380 e. The summed E-state index contributed by atoms with van der Waals surface area (Å²) in [5, 5.41) is 3.59. The molecule has 1 aliphatic rings. The van der Waals surface area contributed by atoms with Crippen LogP contribution in [0.2, 0.25) is 0 Å². The number of ether oxygens (including phenoxy) is 1. The molecule has 2 atom stereocenters. The molecule has 3 heteroatoms. The summed E-state index contributed by atoms with van der Waals surface area (Å²) in [4.78, 5) is 0. The minimum atomic E-state index is -0.346. The van der Waals surface area contributed by atoms with Crippen molar-refractivity contribution in [3.63, 3.8) is 0 Å². The Morgan fingerprint density at radius 3 is 2.72 bits per heavy atom. The number of rotatable bonds is 4. The topological polar surface area (TPSA) is 47.3 Å². The number of nitrogens with two attached hydrogens (primary N) is 1. The molecule has 100 valence electrons. The normalized spacial score (nSPS) is 27.7. The van der Waals surface area contributed by atoms with Gasteiger partial charge in [0.05, 0.1) is 12.1 Å². The zero-order chi connectivity index (χ0) is 13.1. The zero-order valence-corrected chi connectivity index (χ0v) is 11.4. The van der Waals surface area contributed by atoms with Gasteiger partial charge in [-0.2, -0.15) is 0 Å². The first kappa shape index (κ1) is 13.5. The molecule has 1 heterocycles. The van der Waals surface area contributed by atoms with Gasteiger partial charge in [-0.05, 0) is 32.3 Å². The van der Waals surface area contributed by atoms with E-state index < -0.39 is 0 Å². The van der Waals surface area contributed by atoms with Crippen molar-refractivity contribution in [2.24, 2.45) is 5.73 Å². The van der Waals surface area contributed by atoms with E-state index in [-0.39, 0.29) is 11.1 Å². The van der Waals surface area contributed by atoms with Crippen molar-refractivity contribution < 1.29 is 4.74 Å². The first-order valence-electron chi connectivity index (χ1n) is 6.69. The van der Waals surface area contributed by atoms with Gasteiger partial charge in [-0.3, -0.25) is 0 Å². The summed E-state index contributed by atoms with van der Waals surface area (Å²) < 4.78 is 5.55. The molecular formula is C15H24N2O. The van der Waals surface area contributed by atoms with Gasteiger partial charge in [0.2, 0.25) is 0 Å². The minimum absolute atomic E-state index is 0.0632. The number of nitrogens with one attached hydrogen (secondary N) is 1. The Balaban J connectivity index is 1.96. The van der Waals surface area contributed by atoms with Crippen LogP contribution in [0.5, 0.6) is 0 Å². The highest BCUT2D eigenvalue weighted by molar-refractivity contribution is 5.23. The lowest BCUT2D eigenvalue weighted by atomic mass is 9.89. The monoisotopic (exact) mass is 248 g/mol. The first-order valence-corrected chi connectivity index (χ1v) is 6.69. The van der Waals surface area contributed by atoms with Crippen molar-refractivity contribution in [1.82, 2.24) is 5.32 Å². The van der Waals surface area contributed by atoms with E-state index in [1.54, 1.807) is 0 Å². The molecule has 0 radical (unpaired) electrons. The fraction of sp³-hybridized carbons (Fsp3) is 0.600. The van der Waals surface area contributed by atoms with Crippen LogP contribution in [0, 0.1) is 0 Å². The molecule has 1 aromatic rings. The Kier molecular flexibility index (Phi) is 4.05. The molecule has 1 fully saturated rings. The molecule has 2 rings (SSSR count). The molecule has 0 saturated carbocycles. The van der Waals surface area contributed by atoms with Crippen molar-refractivity contribution >= 4 is 0 Å². The maximum Gasteiger partial charge on any atom is 0.0645 e. The van der Waals surface area contributed by atoms with Crippen LogP contribution in [-0.4, -0.2) is 25.3 Å². The van der Waals surface area contributed by atoms with Gasteiger partial charge in [0, 0.05) is 18.7 Å². The predicted octanol–water partition coefficient (Wildman–Crippen LogP) is 2.02. The molecule has 0 aliphatic carbocycles. The summed E-state index contributed by atoms with van der Waals surface area (Å²) in [6, 6.07) is 10.3. The second kappa shape index (κ2) is 5.39. The molecule has 0 spiro atoms. The molecule has 1 aromatic carbocycles. The Labute approximate surface area is 110 Å². The van der Waals surface area contributed by atoms with E-state index in [9.17, 15) is 0 Å². The molecule has 18 heavy (non-hydrogen) atoms. The zero-order valence-electron chi connectivity index (χ0n) is 11.4. The number of benzene rings is 1. The molecule has 1 aliphatic heterocycles. The Morgan fingerprint density at radius 1 is 1.39 bits per heavy atom. The first-order chi connectivity index (χ1) is 8.52. The van der Waals surface area contributed by atoms with Gasteiger partial charge in [-0.1, -0.05) is 30.3 Å². The van der Waals surface area contributed by atoms with Crippen LogP contribution in [0.3, 0.4) is 0 Å². The Hall–Kier alpha value is -0.900. The molecule has 0 amide bonds. The Morgan fingerprint density at radius 2 is 2.11 bits per heavy atom. The van der Waals surface area contributed by atoms with Crippen LogP contribution in [0.1, 0.15) is 32.3 Å². The van der Waals surface area contributed by atoms with E-state index in [0.717, 1.165) is 38.2 Å². The summed E-state index contributed by atoms with van der Waals surface area (Å²) in [7, 11) is 0. The van der Waals surface area contributed by atoms with Crippen molar-refractivity contribution in [1.29, 1.82) is 0 Å². The van der Waals surface area contributed by atoms with E-state index in [2.05, 4.69) is 31.3 Å².